The Hall–Kier alpha value is -2.97. The van der Waals surface area contributed by atoms with Crippen LogP contribution in [-0.2, 0) is 28.6 Å². The molecule has 0 aromatic heterocycles. The molecule has 8 heteroatoms. The van der Waals surface area contributed by atoms with Crippen LogP contribution in [0.2, 0.25) is 0 Å². The molecule has 0 aliphatic rings. The van der Waals surface area contributed by atoms with Gasteiger partial charge in [0.05, 0.1) is 40.3 Å². The first-order valence-electron chi connectivity index (χ1n) is 19.4. The third-order valence-corrected chi connectivity index (χ3v) is 8.23. The smallest absolute Gasteiger partial charge is 0.306 e. The van der Waals surface area contributed by atoms with Crippen molar-refractivity contribution in [1.29, 1.82) is 0 Å². The number of esters is 2. The predicted octanol–water partition coefficient (Wildman–Crippen LogP) is 8.52. The quantitative estimate of drug-likeness (QED) is 0.0222. The van der Waals surface area contributed by atoms with E-state index in [0.29, 0.717) is 6.42 Å². The number of allylic oxidation sites excluding steroid dienone is 10. The van der Waals surface area contributed by atoms with E-state index in [1.54, 1.807) is 21.1 Å². The lowest BCUT2D eigenvalue weighted by Crippen LogP contribution is -2.55. The van der Waals surface area contributed by atoms with Crippen molar-refractivity contribution >= 4 is 17.9 Å². The Morgan fingerprint density at radius 3 is 1.74 bits per heavy atom. The van der Waals surface area contributed by atoms with Crippen LogP contribution in [0.4, 0.5) is 0 Å². The number of aliphatic carboxylic acids is 1. The van der Waals surface area contributed by atoms with Crippen molar-refractivity contribution < 1.29 is 38.2 Å². The number of quaternary nitrogens is 1. The van der Waals surface area contributed by atoms with Gasteiger partial charge in [-0.1, -0.05) is 126 Å². The lowest BCUT2D eigenvalue weighted by atomic mass is 10.1. The first-order valence-corrected chi connectivity index (χ1v) is 19.4. The van der Waals surface area contributed by atoms with Crippen LogP contribution in [0, 0.1) is 0 Å². The number of carbonyl (C=O) groups excluding carboxylic acids is 3. The molecular weight excluding hydrogens is 630 g/mol. The maximum absolute atomic E-state index is 12.6. The van der Waals surface area contributed by atoms with Crippen LogP contribution in [0.1, 0.15) is 136 Å². The van der Waals surface area contributed by atoms with E-state index in [2.05, 4.69) is 56.4 Å². The normalized spacial score (nSPS) is 13.7. The van der Waals surface area contributed by atoms with E-state index in [1.807, 2.05) is 18.2 Å². The molecule has 0 saturated carbocycles. The Labute approximate surface area is 305 Å². The van der Waals surface area contributed by atoms with Gasteiger partial charge in [0.1, 0.15) is 12.6 Å². The number of carbonyl (C=O) groups is 3. The van der Waals surface area contributed by atoms with Crippen molar-refractivity contribution in [2.75, 3.05) is 41.0 Å². The summed E-state index contributed by atoms with van der Waals surface area (Å²) >= 11 is 0. The standard InChI is InChI=1S/C42H71NO7/c1-6-8-10-12-14-16-17-18-19-20-21-22-23-24-25-27-29-31-33-41(45)50-38(36-48-35-34-39(42(46)47)43(3,4)5)37-49-40(44)32-30-28-26-15-13-11-9-7-2/h14,16-22,26,28,38-39H,6-13,15,23-25,27,29-37H2,1-5H3/b16-14+,18-17+,20-19+,22-21+,28-26+. The summed E-state index contributed by atoms with van der Waals surface area (Å²) in [6, 6.07) is -0.735. The molecule has 0 saturated heterocycles. The number of unbranched alkanes of at least 4 members (excludes halogenated alkanes) is 12. The van der Waals surface area contributed by atoms with Gasteiger partial charge in [-0.2, -0.15) is 0 Å². The van der Waals surface area contributed by atoms with E-state index < -0.39 is 18.1 Å². The van der Waals surface area contributed by atoms with E-state index in [-0.39, 0.29) is 55.5 Å². The molecular formula is C42H71NO7. The van der Waals surface area contributed by atoms with Gasteiger partial charge in [0, 0.05) is 19.3 Å². The van der Waals surface area contributed by atoms with Gasteiger partial charge < -0.3 is 28.6 Å². The highest BCUT2D eigenvalue weighted by Crippen LogP contribution is 2.11. The second-order valence-electron chi connectivity index (χ2n) is 13.9. The van der Waals surface area contributed by atoms with Crippen LogP contribution < -0.4 is 5.11 Å². The maximum Gasteiger partial charge on any atom is 0.306 e. The fourth-order valence-electron chi connectivity index (χ4n) is 5.16. The summed E-state index contributed by atoms with van der Waals surface area (Å²) in [5.74, 6) is -1.84. The summed E-state index contributed by atoms with van der Waals surface area (Å²) in [7, 11) is 5.37. The fourth-order valence-corrected chi connectivity index (χ4v) is 5.16. The third kappa shape index (κ3) is 31.0. The largest absolute Gasteiger partial charge is 0.544 e. The van der Waals surface area contributed by atoms with Crippen molar-refractivity contribution in [3.05, 3.63) is 60.8 Å². The summed E-state index contributed by atoms with van der Waals surface area (Å²) in [5.41, 5.74) is 0. The van der Waals surface area contributed by atoms with Crippen LogP contribution in [-0.4, -0.2) is 75.5 Å². The summed E-state index contributed by atoms with van der Waals surface area (Å²) < 4.78 is 17.0. The SMILES string of the molecule is CCCCC/C=C/C=C/C=C/C=C/CCCCCCCC(=O)OC(COCCC(C(=O)[O-])[N+](C)(C)C)COC(=O)CC/C=C/CCCCCC. The first-order chi connectivity index (χ1) is 24.1. The fraction of sp³-hybridized carbons (Fsp3) is 0.690. The molecule has 0 N–H and O–H groups in total. The maximum atomic E-state index is 12.6. The number of likely N-dealkylation sites (N-methyl/N-ethyl adjacent to an activating group) is 1. The molecule has 2 unspecified atom stereocenters. The first kappa shape index (κ1) is 47.0. The van der Waals surface area contributed by atoms with Crippen molar-refractivity contribution in [3.8, 4) is 0 Å². The average Bonchev–Trinajstić information content (AvgIpc) is 3.06. The van der Waals surface area contributed by atoms with Crippen LogP contribution >= 0.6 is 0 Å². The van der Waals surface area contributed by atoms with Gasteiger partial charge in [-0.3, -0.25) is 9.59 Å². The molecule has 0 bridgehead atoms. The van der Waals surface area contributed by atoms with Crippen LogP contribution in [0.25, 0.3) is 0 Å². The number of carboxylic acid groups (broad SMARTS) is 1. The summed E-state index contributed by atoms with van der Waals surface area (Å²) in [4.78, 5) is 36.5. The second-order valence-corrected chi connectivity index (χ2v) is 13.9. The van der Waals surface area contributed by atoms with E-state index in [1.165, 1.54) is 38.5 Å². The molecule has 0 fully saturated rings. The molecule has 0 aromatic carbocycles. The molecule has 2 atom stereocenters. The second kappa shape index (κ2) is 33.2. The highest BCUT2D eigenvalue weighted by Gasteiger charge is 2.25. The van der Waals surface area contributed by atoms with Gasteiger partial charge in [-0.05, 0) is 51.4 Å². The predicted molar refractivity (Wildman–Crippen MR) is 203 cm³/mol. The van der Waals surface area contributed by atoms with Gasteiger partial charge in [0.25, 0.3) is 0 Å². The Balaban J connectivity index is 4.47. The molecule has 0 rings (SSSR count). The van der Waals surface area contributed by atoms with Crippen molar-refractivity contribution in [2.24, 2.45) is 0 Å². The summed E-state index contributed by atoms with van der Waals surface area (Å²) in [6.45, 7) is 4.48. The lowest BCUT2D eigenvalue weighted by Gasteiger charge is -2.34. The van der Waals surface area contributed by atoms with E-state index in [0.717, 1.165) is 57.8 Å². The van der Waals surface area contributed by atoms with E-state index in [9.17, 15) is 19.5 Å². The van der Waals surface area contributed by atoms with Crippen molar-refractivity contribution in [3.63, 3.8) is 0 Å². The molecule has 0 aliphatic heterocycles. The van der Waals surface area contributed by atoms with Gasteiger partial charge in [0.2, 0.25) is 0 Å². The minimum Gasteiger partial charge on any atom is -0.544 e. The lowest BCUT2D eigenvalue weighted by molar-refractivity contribution is -0.889. The Morgan fingerprint density at radius 1 is 0.600 bits per heavy atom. The van der Waals surface area contributed by atoms with E-state index >= 15 is 0 Å². The Kier molecular flexibility index (Phi) is 31.2. The number of hydrogen-bond donors (Lipinski definition) is 0. The van der Waals surface area contributed by atoms with Gasteiger partial charge >= 0.3 is 11.9 Å². The zero-order valence-corrected chi connectivity index (χ0v) is 32.3. The Morgan fingerprint density at radius 2 is 1.12 bits per heavy atom. The van der Waals surface area contributed by atoms with Gasteiger partial charge in [-0.25, -0.2) is 0 Å². The van der Waals surface area contributed by atoms with Crippen LogP contribution in [0.15, 0.2) is 60.8 Å². The number of nitrogens with zero attached hydrogens (tertiary/aromatic N) is 1. The molecule has 0 aliphatic carbocycles. The molecule has 0 aromatic rings. The van der Waals surface area contributed by atoms with Crippen molar-refractivity contribution in [1.82, 2.24) is 0 Å². The summed E-state index contributed by atoms with van der Waals surface area (Å²) in [5, 5.41) is 11.6. The molecule has 8 nitrogen and oxygen atoms in total. The summed E-state index contributed by atoms with van der Waals surface area (Å²) in [6.07, 6.45) is 38.3. The molecule has 0 radical (unpaired) electrons. The highest BCUT2D eigenvalue weighted by molar-refractivity contribution is 5.70. The molecule has 286 valence electrons. The zero-order chi connectivity index (χ0) is 37.1. The average molecular weight is 702 g/mol. The minimum absolute atomic E-state index is 0.0166. The van der Waals surface area contributed by atoms with E-state index in [4.69, 9.17) is 14.2 Å². The minimum atomic E-state index is -1.14. The number of ether oxygens (including phenoxy) is 3. The molecule has 0 heterocycles. The monoisotopic (exact) mass is 702 g/mol. The Bertz CT molecular complexity index is 1010. The molecule has 50 heavy (non-hydrogen) atoms. The topological polar surface area (TPSA) is 102 Å². The number of carboxylic acids is 1. The van der Waals surface area contributed by atoms with Crippen molar-refractivity contribution in [2.45, 2.75) is 148 Å². The highest BCUT2D eigenvalue weighted by atomic mass is 16.6. The van der Waals surface area contributed by atoms with Gasteiger partial charge in [-0.15, -0.1) is 0 Å². The number of hydrogen-bond acceptors (Lipinski definition) is 7. The molecule has 0 spiro atoms. The van der Waals surface area contributed by atoms with Gasteiger partial charge in [0.15, 0.2) is 6.10 Å². The molecule has 0 amide bonds. The number of rotatable bonds is 33. The van der Waals surface area contributed by atoms with Crippen LogP contribution in [0.5, 0.6) is 0 Å². The van der Waals surface area contributed by atoms with Crippen LogP contribution in [0.3, 0.4) is 0 Å². The third-order valence-electron chi connectivity index (χ3n) is 8.23. The zero-order valence-electron chi connectivity index (χ0n) is 32.3.